The summed E-state index contributed by atoms with van der Waals surface area (Å²) in [4.78, 5) is 96.6. The van der Waals surface area contributed by atoms with E-state index in [1.165, 1.54) is 0 Å². The Morgan fingerprint density at radius 3 is 1.31 bits per heavy atom. The lowest BCUT2D eigenvalue weighted by Crippen LogP contribution is -2.67. The predicted octanol–water partition coefficient (Wildman–Crippen LogP) is -1.30. The van der Waals surface area contributed by atoms with Crippen molar-refractivity contribution in [2.75, 3.05) is 13.2 Å². The molecule has 2 N–H and O–H groups in total. The van der Waals surface area contributed by atoms with Crippen LogP contribution in [-0.4, -0.2) is 125 Å². The summed E-state index contributed by atoms with van der Waals surface area (Å²) < 4.78 is 58.1. The number of carbonyl (C=O) groups excluding carboxylic acids is 8. The Morgan fingerprint density at radius 2 is 0.918 bits per heavy atom. The van der Waals surface area contributed by atoms with Crippen LogP contribution in [0.5, 0.6) is 0 Å². The van der Waals surface area contributed by atoms with Crippen LogP contribution in [0.25, 0.3) is 0 Å². The van der Waals surface area contributed by atoms with Crippen LogP contribution in [0.1, 0.15) is 55.4 Å². The van der Waals surface area contributed by atoms with Crippen molar-refractivity contribution in [1.82, 2.24) is 10.6 Å². The quantitative estimate of drug-likeness (QED) is 0.126. The third kappa shape index (κ3) is 12.9. The van der Waals surface area contributed by atoms with Crippen LogP contribution in [0.3, 0.4) is 0 Å². The summed E-state index contributed by atoms with van der Waals surface area (Å²) in [5.41, 5.74) is -3.04. The van der Waals surface area contributed by atoms with Gasteiger partial charge in [-0.05, 0) is 10.8 Å². The predicted molar refractivity (Wildman–Crippen MR) is 164 cm³/mol. The summed E-state index contributed by atoms with van der Waals surface area (Å²) in [7, 11) is -1.90. The number of nitrogens with one attached hydrogen (secondary N) is 2. The minimum atomic E-state index is -2.39. The highest BCUT2D eigenvalue weighted by atomic mass is 33.1. The molecule has 2 fully saturated rings. The number of hydrogen-bond acceptors (Lipinski definition) is 18. The number of hydrogen-bond donors (Lipinski definition) is 2. The fraction of sp³-hybridized carbons (Fsp3) is 0.714. The van der Waals surface area contributed by atoms with Gasteiger partial charge < -0.3 is 48.5 Å². The SMILES string of the molecule is CC(=O)N[C@@H]1[C@@H](OC(C)=O)[C@H](OC(C)=O)[C@@H](COC(C)=O)O[C@@H]1S[S@@](=O)[C@H]1O[C@H](COC(C)=O)[C@@H](OC(C)=O)[C@H](OC(C)=O)[C@H]1NC(C)=O. The largest absolute Gasteiger partial charge is 0.463 e. The van der Waals surface area contributed by atoms with Crippen molar-refractivity contribution in [3.05, 3.63) is 0 Å². The van der Waals surface area contributed by atoms with Crippen LogP contribution in [0.4, 0.5) is 0 Å². The van der Waals surface area contributed by atoms with Gasteiger partial charge in [0, 0.05) is 55.4 Å². The van der Waals surface area contributed by atoms with E-state index in [1.807, 2.05) is 0 Å². The van der Waals surface area contributed by atoms with E-state index in [1.54, 1.807) is 0 Å². The monoisotopic (exact) mass is 740 g/mol. The van der Waals surface area contributed by atoms with Crippen molar-refractivity contribution in [1.29, 1.82) is 0 Å². The van der Waals surface area contributed by atoms with Gasteiger partial charge in [-0.3, -0.25) is 38.4 Å². The molecular formula is C28H40N2O17S2. The molecule has 276 valence electrons. The third-order valence-corrected chi connectivity index (χ3v) is 9.80. The summed E-state index contributed by atoms with van der Waals surface area (Å²) >= 11 is 0. The molecule has 2 aliphatic heterocycles. The van der Waals surface area contributed by atoms with Crippen LogP contribution in [0, 0.1) is 0 Å². The van der Waals surface area contributed by atoms with E-state index in [9.17, 15) is 42.6 Å². The zero-order valence-electron chi connectivity index (χ0n) is 27.9. The maximum Gasteiger partial charge on any atom is 0.303 e. The van der Waals surface area contributed by atoms with Crippen LogP contribution in [0.15, 0.2) is 0 Å². The lowest BCUT2D eigenvalue weighted by Gasteiger charge is -2.46. The highest BCUT2D eigenvalue weighted by Crippen LogP contribution is 2.38. The molecule has 2 aliphatic rings. The van der Waals surface area contributed by atoms with E-state index in [0.29, 0.717) is 10.8 Å². The lowest BCUT2D eigenvalue weighted by molar-refractivity contribution is -0.212. The average molecular weight is 741 g/mol. The maximum absolute atomic E-state index is 14.3. The third-order valence-electron chi connectivity index (χ3n) is 6.52. The fourth-order valence-electron chi connectivity index (χ4n) is 4.98. The standard InChI is InChI=1S/C28H40N2O17S2/c1-11(31)29-21-25(44-17(7)37)23(42-15(5)35)19(9-40-13(3)33)46-27(21)48-49(39)28-22(30-12(2)32)26(45-18(8)38)24(43-16(6)36)20(47-28)10-41-14(4)34/h19-28H,9-10H2,1-8H3,(H,29,31)(H,30,32)/t19-,20-,21-,22-,23-,24-,25-,26-,27-,28-,49-/m1/s1. The molecule has 0 unspecified atom stereocenters. The Hall–Kier alpha value is -3.82. The van der Waals surface area contributed by atoms with Gasteiger partial charge in [-0.25, -0.2) is 4.21 Å². The molecule has 0 aliphatic carbocycles. The average Bonchev–Trinajstić information content (AvgIpc) is 2.94. The summed E-state index contributed by atoms with van der Waals surface area (Å²) in [5, 5.41) is 5.04. The highest BCUT2D eigenvalue weighted by molar-refractivity contribution is 8.69. The van der Waals surface area contributed by atoms with E-state index in [0.717, 1.165) is 55.4 Å². The zero-order chi connectivity index (χ0) is 37.2. The Bertz CT molecular complexity index is 1310. The second kappa shape index (κ2) is 18.8. The first-order valence-electron chi connectivity index (χ1n) is 14.7. The minimum absolute atomic E-state index is 0.491. The molecule has 2 amide bonds. The molecule has 0 spiro atoms. The second-order valence-electron chi connectivity index (χ2n) is 10.8. The van der Waals surface area contributed by atoms with E-state index >= 15 is 0 Å². The van der Waals surface area contributed by atoms with Crippen molar-refractivity contribution in [2.24, 2.45) is 0 Å². The lowest BCUT2D eigenvalue weighted by atomic mass is 9.97. The first kappa shape index (κ1) is 41.4. The Labute approximate surface area is 287 Å². The van der Waals surface area contributed by atoms with Gasteiger partial charge in [0.05, 0.1) is 0 Å². The van der Waals surface area contributed by atoms with Crippen molar-refractivity contribution in [3.63, 3.8) is 0 Å². The van der Waals surface area contributed by atoms with E-state index < -0.39 is 130 Å². The number of esters is 6. The van der Waals surface area contributed by atoms with Crippen molar-refractivity contribution >= 4 is 68.3 Å². The van der Waals surface area contributed by atoms with Crippen LogP contribution in [-0.2, 0) is 86.1 Å². The molecule has 21 heteroatoms. The van der Waals surface area contributed by atoms with Gasteiger partial charge in [-0.15, -0.1) is 0 Å². The number of amides is 2. The van der Waals surface area contributed by atoms with Crippen molar-refractivity contribution < 1.29 is 80.5 Å². The smallest absolute Gasteiger partial charge is 0.303 e. The molecule has 0 aromatic carbocycles. The van der Waals surface area contributed by atoms with Gasteiger partial charge in [-0.1, -0.05) is 0 Å². The topological polar surface area (TPSA) is 252 Å². The van der Waals surface area contributed by atoms with Crippen molar-refractivity contribution in [2.45, 2.75) is 115 Å². The normalized spacial score (nSPS) is 30.0. The molecule has 0 aromatic heterocycles. The van der Waals surface area contributed by atoms with E-state index in [-0.39, 0.29) is 0 Å². The van der Waals surface area contributed by atoms with Gasteiger partial charge in [0.1, 0.15) is 52.8 Å². The summed E-state index contributed by atoms with van der Waals surface area (Å²) in [6.45, 7) is 7.56. The molecule has 2 heterocycles. The number of carbonyl (C=O) groups is 8. The summed E-state index contributed by atoms with van der Waals surface area (Å²) in [5.74, 6) is -6.25. The molecule has 0 aromatic rings. The Kier molecular flexibility index (Phi) is 15.9. The van der Waals surface area contributed by atoms with Gasteiger partial charge >= 0.3 is 35.8 Å². The molecule has 49 heavy (non-hydrogen) atoms. The molecule has 2 saturated heterocycles. The van der Waals surface area contributed by atoms with Gasteiger partial charge in [0.25, 0.3) is 0 Å². The molecule has 11 atom stereocenters. The first-order valence-corrected chi connectivity index (χ1v) is 17.3. The first-order chi connectivity index (χ1) is 22.8. The molecule has 2 rings (SSSR count). The van der Waals surface area contributed by atoms with Gasteiger partial charge in [0.15, 0.2) is 29.9 Å². The molecule has 19 nitrogen and oxygen atoms in total. The van der Waals surface area contributed by atoms with Crippen molar-refractivity contribution in [3.8, 4) is 0 Å². The summed E-state index contributed by atoms with van der Waals surface area (Å²) in [6, 6.07) is -2.81. The highest BCUT2D eigenvalue weighted by Gasteiger charge is 2.55. The summed E-state index contributed by atoms with van der Waals surface area (Å²) in [6.07, 6.45) is -8.58. The van der Waals surface area contributed by atoms with Crippen LogP contribution >= 0.6 is 10.8 Å². The van der Waals surface area contributed by atoms with E-state index in [2.05, 4.69) is 10.6 Å². The molecule has 0 radical (unpaired) electrons. The van der Waals surface area contributed by atoms with Crippen LogP contribution < -0.4 is 10.6 Å². The molecule has 0 bridgehead atoms. The second-order valence-corrected chi connectivity index (χ2v) is 14.0. The maximum atomic E-state index is 14.3. The Morgan fingerprint density at radius 1 is 0.551 bits per heavy atom. The van der Waals surface area contributed by atoms with Crippen LogP contribution in [0.2, 0.25) is 0 Å². The minimum Gasteiger partial charge on any atom is -0.463 e. The number of ether oxygens (including phenoxy) is 8. The molecular weight excluding hydrogens is 700 g/mol. The number of rotatable bonds is 13. The zero-order valence-corrected chi connectivity index (χ0v) is 29.6. The van der Waals surface area contributed by atoms with E-state index in [4.69, 9.17) is 37.9 Å². The fourth-order valence-corrected chi connectivity index (χ4v) is 8.38. The molecule has 0 saturated carbocycles. The Balaban J connectivity index is 2.65. The van der Waals surface area contributed by atoms with Gasteiger partial charge in [-0.2, -0.15) is 0 Å². The van der Waals surface area contributed by atoms with Gasteiger partial charge in [0.2, 0.25) is 11.8 Å².